The molecule has 20 heavy (non-hydrogen) atoms. The molecule has 1 heterocycles. The van der Waals surface area contributed by atoms with Crippen LogP contribution in [0.3, 0.4) is 0 Å². The van der Waals surface area contributed by atoms with Crippen molar-refractivity contribution < 1.29 is 0 Å². The van der Waals surface area contributed by atoms with E-state index < -0.39 is 0 Å². The molecule has 0 saturated heterocycles. The molecular weight excluding hydrogens is 248 g/mol. The van der Waals surface area contributed by atoms with Gasteiger partial charge in [0.15, 0.2) is 0 Å². The van der Waals surface area contributed by atoms with Crippen LogP contribution in [0.1, 0.15) is 38.4 Å². The molecule has 2 bridgehead atoms. The smallest absolute Gasteiger partial charge is 0.132 e. The molecule has 1 aromatic rings. The van der Waals surface area contributed by atoms with Gasteiger partial charge in [-0.2, -0.15) is 0 Å². The molecule has 4 nitrogen and oxygen atoms in total. The standard InChI is InChI=1S/C16H24N4/c1-3-6-17-12-8-13(19-9(2)18-12)20-16-14-10-4-5-11(7-10)15(14)16/h8,10-11,14-16H,3-7H2,1-2H3,(H2,17,18,19,20). The highest BCUT2D eigenvalue weighted by Gasteiger charge is 2.65. The Morgan fingerprint density at radius 1 is 1.15 bits per heavy atom. The molecule has 4 unspecified atom stereocenters. The third kappa shape index (κ3) is 1.97. The monoisotopic (exact) mass is 272 g/mol. The second-order valence-electron chi connectivity index (χ2n) is 6.77. The second-order valence-corrected chi connectivity index (χ2v) is 6.77. The summed E-state index contributed by atoms with van der Waals surface area (Å²) < 4.78 is 0. The van der Waals surface area contributed by atoms with Crippen LogP contribution >= 0.6 is 0 Å². The molecule has 3 fully saturated rings. The number of rotatable bonds is 5. The van der Waals surface area contributed by atoms with Gasteiger partial charge in [0, 0.05) is 18.7 Å². The first-order valence-corrected chi connectivity index (χ1v) is 8.12. The lowest BCUT2D eigenvalue weighted by Gasteiger charge is -2.13. The minimum Gasteiger partial charge on any atom is -0.370 e. The fourth-order valence-corrected chi connectivity index (χ4v) is 4.67. The van der Waals surface area contributed by atoms with Gasteiger partial charge in [0.05, 0.1) is 0 Å². The quantitative estimate of drug-likeness (QED) is 0.865. The summed E-state index contributed by atoms with van der Waals surface area (Å²) in [6, 6.07) is 2.76. The average molecular weight is 272 g/mol. The molecule has 4 heteroatoms. The maximum Gasteiger partial charge on any atom is 0.132 e. The van der Waals surface area contributed by atoms with E-state index in [0.29, 0.717) is 6.04 Å². The van der Waals surface area contributed by atoms with Crippen molar-refractivity contribution in [2.45, 2.75) is 45.6 Å². The molecule has 4 atom stereocenters. The van der Waals surface area contributed by atoms with E-state index in [4.69, 9.17) is 0 Å². The van der Waals surface area contributed by atoms with Crippen LogP contribution in [-0.4, -0.2) is 22.6 Å². The van der Waals surface area contributed by atoms with Gasteiger partial charge in [-0.1, -0.05) is 6.92 Å². The zero-order valence-electron chi connectivity index (χ0n) is 12.4. The van der Waals surface area contributed by atoms with Crippen molar-refractivity contribution in [1.82, 2.24) is 9.97 Å². The number of hydrogen-bond donors (Lipinski definition) is 2. The van der Waals surface area contributed by atoms with Gasteiger partial charge >= 0.3 is 0 Å². The highest BCUT2D eigenvalue weighted by molar-refractivity contribution is 5.49. The summed E-state index contributed by atoms with van der Waals surface area (Å²) in [5.74, 6) is 6.70. The normalized spacial score (nSPS) is 36.8. The van der Waals surface area contributed by atoms with Crippen LogP contribution in [0, 0.1) is 30.6 Å². The summed E-state index contributed by atoms with van der Waals surface area (Å²) in [5, 5.41) is 7.04. The molecule has 3 aliphatic carbocycles. The van der Waals surface area contributed by atoms with Crippen molar-refractivity contribution >= 4 is 11.6 Å². The Labute approximate surface area is 120 Å². The molecule has 0 aliphatic heterocycles. The van der Waals surface area contributed by atoms with Crippen molar-refractivity contribution in [2.75, 3.05) is 17.2 Å². The number of hydrogen-bond acceptors (Lipinski definition) is 4. The van der Waals surface area contributed by atoms with Gasteiger partial charge in [-0.3, -0.25) is 0 Å². The molecule has 0 spiro atoms. The number of nitrogens with one attached hydrogen (secondary N) is 2. The van der Waals surface area contributed by atoms with E-state index in [1.54, 1.807) is 0 Å². The second kappa shape index (κ2) is 4.61. The highest BCUT2D eigenvalue weighted by atomic mass is 15.1. The Bertz CT molecular complexity index is 499. The number of aryl methyl sites for hydroxylation is 1. The Kier molecular flexibility index (Phi) is 2.86. The molecule has 2 N–H and O–H groups in total. The van der Waals surface area contributed by atoms with Crippen molar-refractivity contribution in [1.29, 1.82) is 0 Å². The average Bonchev–Trinajstić information content (AvgIpc) is 2.83. The van der Waals surface area contributed by atoms with Gasteiger partial charge in [0.1, 0.15) is 17.5 Å². The first kappa shape index (κ1) is 12.4. The minimum atomic E-state index is 0.689. The van der Waals surface area contributed by atoms with Gasteiger partial charge < -0.3 is 10.6 Å². The Morgan fingerprint density at radius 3 is 2.55 bits per heavy atom. The minimum absolute atomic E-state index is 0.689. The zero-order chi connectivity index (χ0) is 13.7. The summed E-state index contributed by atoms with van der Waals surface area (Å²) >= 11 is 0. The van der Waals surface area contributed by atoms with Crippen LogP contribution in [0.2, 0.25) is 0 Å². The Hall–Kier alpha value is -1.32. The molecule has 0 aromatic carbocycles. The van der Waals surface area contributed by atoms with E-state index in [9.17, 15) is 0 Å². The first-order valence-electron chi connectivity index (χ1n) is 8.12. The largest absolute Gasteiger partial charge is 0.370 e. The maximum absolute atomic E-state index is 4.56. The van der Waals surface area contributed by atoms with Crippen molar-refractivity contribution in [3.05, 3.63) is 11.9 Å². The summed E-state index contributed by atoms with van der Waals surface area (Å²) in [6.07, 6.45) is 5.55. The first-order chi connectivity index (χ1) is 9.76. The lowest BCUT2D eigenvalue weighted by atomic mass is 10.0. The van der Waals surface area contributed by atoms with E-state index in [-0.39, 0.29) is 0 Å². The SMILES string of the molecule is CCCNc1cc(NC2C3C4CCC(C4)C23)nc(C)n1. The van der Waals surface area contributed by atoms with Crippen LogP contribution < -0.4 is 10.6 Å². The van der Waals surface area contributed by atoms with E-state index >= 15 is 0 Å². The van der Waals surface area contributed by atoms with Crippen LogP contribution in [0.25, 0.3) is 0 Å². The number of anilines is 2. The number of nitrogens with zero attached hydrogens (tertiary/aromatic N) is 2. The molecule has 108 valence electrons. The van der Waals surface area contributed by atoms with Crippen molar-refractivity contribution in [3.63, 3.8) is 0 Å². The lowest BCUT2D eigenvalue weighted by Crippen LogP contribution is -2.15. The molecule has 0 amide bonds. The van der Waals surface area contributed by atoms with E-state index in [1.165, 1.54) is 19.3 Å². The number of fused-ring (bicyclic) bond motifs is 5. The van der Waals surface area contributed by atoms with Gasteiger partial charge in [-0.25, -0.2) is 9.97 Å². The third-order valence-corrected chi connectivity index (χ3v) is 5.44. The van der Waals surface area contributed by atoms with Crippen molar-refractivity contribution in [2.24, 2.45) is 23.7 Å². The number of aromatic nitrogens is 2. The predicted molar refractivity (Wildman–Crippen MR) is 80.8 cm³/mol. The predicted octanol–water partition coefficient (Wildman–Crippen LogP) is 3.06. The van der Waals surface area contributed by atoms with E-state index in [2.05, 4.69) is 33.6 Å². The van der Waals surface area contributed by atoms with Crippen LogP contribution in [-0.2, 0) is 0 Å². The molecule has 1 aromatic heterocycles. The van der Waals surface area contributed by atoms with E-state index in [0.717, 1.165) is 54.1 Å². The fraction of sp³-hybridized carbons (Fsp3) is 0.750. The Balaban J connectivity index is 1.45. The fourth-order valence-electron chi connectivity index (χ4n) is 4.67. The van der Waals surface area contributed by atoms with E-state index in [1.807, 2.05) is 6.92 Å². The Morgan fingerprint density at radius 2 is 1.85 bits per heavy atom. The maximum atomic E-state index is 4.56. The summed E-state index contributed by atoms with van der Waals surface area (Å²) in [4.78, 5) is 9.01. The van der Waals surface area contributed by atoms with Gasteiger partial charge in [0.2, 0.25) is 0 Å². The van der Waals surface area contributed by atoms with Crippen molar-refractivity contribution in [3.8, 4) is 0 Å². The van der Waals surface area contributed by atoms with Gasteiger partial charge in [0.25, 0.3) is 0 Å². The van der Waals surface area contributed by atoms with Gasteiger partial charge in [-0.05, 0) is 56.3 Å². The lowest BCUT2D eigenvalue weighted by molar-refractivity contribution is 0.456. The summed E-state index contributed by atoms with van der Waals surface area (Å²) in [5.41, 5.74) is 0. The molecular formula is C16H24N4. The van der Waals surface area contributed by atoms with Crippen LogP contribution in [0.5, 0.6) is 0 Å². The highest BCUT2D eigenvalue weighted by Crippen LogP contribution is 2.66. The molecule has 3 aliphatic rings. The molecule has 4 rings (SSSR count). The summed E-state index contributed by atoms with van der Waals surface area (Å²) in [7, 11) is 0. The molecule has 3 saturated carbocycles. The summed E-state index contributed by atoms with van der Waals surface area (Å²) in [6.45, 7) is 5.11. The van der Waals surface area contributed by atoms with Crippen LogP contribution in [0.15, 0.2) is 6.07 Å². The van der Waals surface area contributed by atoms with Crippen LogP contribution in [0.4, 0.5) is 11.6 Å². The van der Waals surface area contributed by atoms with Gasteiger partial charge in [-0.15, -0.1) is 0 Å². The zero-order valence-corrected chi connectivity index (χ0v) is 12.4. The molecule has 0 radical (unpaired) electrons. The third-order valence-electron chi connectivity index (χ3n) is 5.44. The topological polar surface area (TPSA) is 49.8 Å².